The van der Waals surface area contributed by atoms with E-state index < -0.39 is 57.0 Å². The molecule has 0 aliphatic carbocycles. The van der Waals surface area contributed by atoms with Crippen LogP contribution >= 0.6 is 0 Å². The van der Waals surface area contributed by atoms with Crippen molar-refractivity contribution < 1.29 is 18.3 Å². The van der Waals surface area contributed by atoms with Crippen LogP contribution in [0.3, 0.4) is 0 Å². The maximum Gasteiger partial charge on any atom is 0.336 e. The average molecular weight is 336 g/mol. The van der Waals surface area contributed by atoms with Crippen molar-refractivity contribution in [3.63, 3.8) is 0 Å². The maximum atomic E-state index is 11.8. The molecule has 0 bridgehead atoms. The molecule has 0 spiro atoms. The molecule has 1 atom stereocenters. The monoisotopic (exact) mass is 336 g/mol. The molecule has 0 aliphatic rings. The predicted octanol–water partition coefficient (Wildman–Crippen LogP) is -4.49. The van der Waals surface area contributed by atoms with Crippen LogP contribution in [0.2, 0.25) is 0 Å². The molecule has 0 radical (unpaired) electrons. The lowest BCUT2D eigenvalue weighted by Crippen LogP contribution is -2.54. The van der Waals surface area contributed by atoms with E-state index in [-0.39, 0.29) is 0 Å². The minimum atomic E-state index is -3.97. The largest absolute Gasteiger partial charge is 0.390 e. The maximum absolute atomic E-state index is 11.8. The molecular formula is C10H16N4O7S. The molecule has 1 amide bonds. The highest BCUT2D eigenvalue weighted by Gasteiger charge is 2.22. The molecule has 22 heavy (non-hydrogen) atoms. The molecule has 0 saturated carbocycles. The summed E-state index contributed by atoms with van der Waals surface area (Å²) in [6.07, 6.45) is -1.62. The van der Waals surface area contributed by atoms with Gasteiger partial charge >= 0.3 is 17.1 Å². The van der Waals surface area contributed by atoms with Gasteiger partial charge in [0.2, 0.25) is 5.91 Å². The van der Waals surface area contributed by atoms with Crippen LogP contribution < -0.4 is 22.8 Å². The van der Waals surface area contributed by atoms with Crippen molar-refractivity contribution in [2.45, 2.75) is 12.6 Å². The van der Waals surface area contributed by atoms with E-state index in [1.807, 2.05) is 0 Å². The minimum absolute atomic E-state index is 0.534. The highest BCUT2D eigenvalue weighted by atomic mass is 32.2. The first kappa shape index (κ1) is 17.8. The summed E-state index contributed by atoms with van der Waals surface area (Å²) in [7, 11) is -1.70. The van der Waals surface area contributed by atoms with Crippen molar-refractivity contribution in [2.24, 2.45) is 19.8 Å². The van der Waals surface area contributed by atoms with Crippen molar-refractivity contribution in [1.29, 1.82) is 0 Å². The molecule has 1 rings (SSSR count). The Morgan fingerprint density at radius 1 is 1.14 bits per heavy atom. The molecule has 0 saturated heterocycles. The Kier molecular flexibility index (Phi) is 5.09. The molecule has 0 aromatic carbocycles. The summed E-state index contributed by atoms with van der Waals surface area (Å²) in [6, 6.07) is 0. The van der Waals surface area contributed by atoms with Gasteiger partial charge in [-0.3, -0.25) is 4.79 Å². The van der Waals surface area contributed by atoms with Crippen LogP contribution in [0.25, 0.3) is 0 Å². The molecule has 1 unspecified atom stereocenters. The Morgan fingerprint density at radius 2 is 1.59 bits per heavy atom. The zero-order chi connectivity index (χ0) is 17.2. The summed E-state index contributed by atoms with van der Waals surface area (Å²) < 4.78 is 24.8. The lowest BCUT2D eigenvalue weighted by Gasteiger charge is -2.13. The van der Waals surface area contributed by atoms with Crippen LogP contribution in [0.1, 0.15) is 0 Å². The number of nitrogens with zero attached hydrogens (tertiary/aromatic N) is 3. The van der Waals surface area contributed by atoms with E-state index in [1.165, 1.54) is 0 Å². The summed E-state index contributed by atoms with van der Waals surface area (Å²) in [4.78, 5) is 45.7. The second-order valence-corrected chi connectivity index (χ2v) is 6.86. The Morgan fingerprint density at radius 3 is 2.00 bits per heavy atom. The van der Waals surface area contributed by atoms with Gasteiger partial charge in [0.1, 0.15) is 5.75 Å². The SMILES string of the molecule is Cn1c(=O)n(C)c(=O)n(CC(O)CS(=O)(=O)CC(N)=O)c1=O. The zero-order valence-electron chi connectivity index (χ0n) is 11.9. The first-order valence-corrected chi connectivity index (χ1v) is 7.82. The third kappa shape index (κ3) is 3.92. The summed E-state index contributed by atoms with van der Waals surface area (Å²) in [5, 5.41) is 9.72. The predicted molar refractivity (Wildman–Crippen MR) is 75.0 cm³/mol. The van der Waals surface area contributed by atoms with Crippen LogP contribution in [-0.4, -0.2) is 50.7 Å². The first-order valence-electron chi connectivity index (χ1n) is 6.00. The number of primary amides is 1. The minimum Gasteiger partial charge on any atom is -0.390 e. The molecular weight excluding hydrogens is 320 g/mol. The van der Waals surface area contributed by atoms with E-state index in [0.29, 0.717) is 13.7 Å². The molecule has 3 N–H and O–H groups in total. The van der Waals surface area contributed by atoms with Crippen molar-refractivity contribution in [2.75, 3.05) is 11.5 Å². The topological polar surface area (TPSA) is 163 Å². The molecule has 1 aromatic rings. The first-order chi connectivity index (χ1) is 9.96. The van der Waals surface area contributed by atoms with Crippen molar-refractivity contribution in [3.8, 4) is 0 Å². The molecule has 0 aliphatic heterocycles. The number of hydrogen-bond donors (Lipinski definition) is 2. The van der Waals surface area contributed by atoms with E-state index >= 15 is 0 Å². The van der Waals surface area contributed by atoms with Gasteiger partial charge in [-0.2, -0.15) is 0 Å². The number of aliphatic hydroxyl groups is 1. The number of sulfone groups is 1. The highest BCUT2D eigenvalue weighted by molar-refractivity contribution is 7.92. The number of aromatic nitrogens is 3. The van der Waals surface area contributed by atoms with E-state index in [4.69, 9.17) is 5.73 Å². The van der Waals surface area contributed by atoms with Crippen LogP contribution in [0.5, 0.6) is 0 Å². The molecule has 0 fully saturated rings. The summed E-state index contributed by atoms with van der Waals surface area (Å²) in [5.74, 6) is -2.89. The highest BCUT2D eigenvalue weighted by Crippen LogP contribution is 1.96. The number of hydrogen-bond acceptors (Lipinski definition) is 7. The van der Waals surface area contributed by atoms with Gasteiger partial charge in [0.05, 0.1) is 18.4 Å². The zero-order valence-corrected chi connectivity index (χ0v) is 12.7. The Balaban J connectivity index is 3.12. The lowest BCUT2D eigenvalue weighted by atomic mass is 10.4. The smallest absolute Gasteiger partial charge is 0.336 e. The quantitative estimate of drug-likeness (QED) is 0.528. The second-order valence-electron chi connectivity index (χ2n) is 4.75. The van der Waals surface area contributed by atoms with Crippen molar-refractivity contribution >= 4 is 15.7 Å². The molecule has 1 heterocycles. The fourth-order valence-corrected chi connectivity index (χ4v) is 3.06. The number of nitrogens with two attached hydrogens (primary N) is 1. The summed E-state index contributed by atoms with van der Waals surface area (Å²) >= 11 is 0. The fraction of sp³-hybridized carbons (Fsp3) is 0.600. The van der Waals surface area contributed by atoms with Crippen LogP contribution in [0.15, 0.2) is 14.4 Å². The number of rotatable bonds is 6. The average Bonchev–Trinajstić information content (AvgIpc) is 2.37. The van der Waals surface area contributed by atoms with E-state index in [1.54, 1.807) is 0 Å². The van der Waals surface area contributed by atoms with Gasteiger partial charge < -0.3 is 10.8 Å². The Hall–Kier alpha value is -2.21. The lowest BCUT2D eigenvalue weighted by molar-refractivity contribution is -0.115. The standard InChI is InChI=1S/C10H16N4O7S/c1-12-8(17)13(2)10(19)14(9(12)18)3-6(15)4-22(20,21)5-7(11)16/h6,15H,3-5H2,1-2H3,(H2,11,16). The number of amides is 1. The van der Waals surface area contributed by atoms with E-state index in [9.17, 15) is 32.7 Å². The van der Waals surface area contributed by atoms with Crippen LogP contribution in [0, 0.1) is 0 Å². The van der Waals surface area contributed by atoms with Crippen molar-refractivity contribution in [3.05, 3.63) is 31.5 Å². The van der Waals surface area contributed by atoms with Gasteiger partial charge in [0.25, 0.3) is 0 Å². The summed E-state index contributed by atoms with van der Waals surface area (Å²) in [6.45, 7) is -0.641. The van der Waals surface area contributed by atoms with Gasteiger partial charge in [-0.15, -0.1) is 0 Å². The van der Waals surface area contributed by atoms with Crippen LogP contribution in [-0.2, 0) is 35.3 Å². The number of aliphatic hydroxyl groups excluding tert-OH is 1. The van der Waals surface area contributed by atoms with Gasteiger partial charge in [0, 0.05) is 14.1 Å². The second kappa shape index (κ2) is 6.27. The molecule has 124 valence electrons. The fourth-order valence-electron chi connectivity index (χ4n) is 1.82. The third-order valence-corrected chi connectivity index (χ3v) is 4.43. The van der Waals surface area contributed by atoms with Crippen LogP contribution in [0.4, 0.5) is 0 Å². The normalized spacial score (nSPS) is 13.0. The summed E-state index contributed by atoms with van der Waals surface area (Å²) in [5.41, 5.74) is 1.95. The van der Waals surface area contributed by atoms with Gasteiger partial charge in [-0.05, 0) is 0 Å². The van der Waals surface area contributed by atoms with Gasteiger partial charge in [-0.1, -0.05) is 0 Å². The third-order valence-electron chi connectivity index (χ3n) is 2.81. The van der Waals surface area contributed by atoms with E-state index in [0.717, 1.165) is 14.1 Å². The Labute approximate surface area is 124 Å². The van der Waals surface area contributed by atoms with Gasteiger partial charge in [-0.25, -0.2) is 36.5 Å². The molecule has 11 nitrogen and oxygen atoms in total. The molecule has 1 aromatic heterocycles. The number of carbonyl (C=O) groups is 1. The van der Waals surface area contributed by atoms with Gasteiger partial charge in [0.15, 0.2) is 9.84 Å². The Bertz CT molecular complexity index is 820. The number of carbonyl (C=O) groups excluding carboxylic acids is 1. The van der Waals surface area contributed by atoms with Crippen molar-refractivity contribution in [1.82, 2.24) is 13.7 Å². The molecule has 12 heteroatoms. The van der Waals surface area contributed by atoms with E-state index in [2.05, 4.69) is 0 Å².